The van der Waals surface area contributed by atoms with Gasteiger partial charge < -0.3 is 9.64 Å². The molecule has 1 rings (SSSR count). The van der Waals surface area contributed by atoms with Crippen LogP contribution in [-0.4, -0.2) is 37.1 Å². The Bertz CT molecular complexity index is 439. The summed E-state index contributed by atoms with van der Waals surface area (Å²) in [5, 5.41) is 0. The van der Waals surface area contributed by atoms with Crippen LogP contribution in [-0.2, 0) is 4.74 Å². The van der Waals surface area contributed by atoms with Crippen molar-refractivity contribution in [3.05, 3.63) is 28.2 Å². The lowest BCUT2D eigenvalue weighted by Gasteiger charge is -2.29. The van der Waals surface area contributed by atoms with Gasteiger partial charge in [0.25, 0.3) is 5.91 Å². The number of ether oxygens (including phenoxy) is 1. The Morgan fingerprint density at radius 1 is 1.53 bits per heavy atom. The molecule has 0 spiro atoms. The lowest BCUT2D eigenvalue weighted by atomic mass is 10.1. The van der Waals surface area contributed by atoms with Gasteiger partial charge in [0, 0.05) is 29.1 Å². The Balaban J connectivity index is 2.97. The molecule has 106 valence electrons. The number of benzene rings is 1. The number of rotatable bonds is 6. The van der Waals surface area contributed by atoms with Crippen molar-refractivity contribution in [2.45, 2.75) is 31.2 Å². The molecule has 1 amide bonds. The van der Waals surface area contributed by atoms with Crippen molar-refractivity contribution in [2.75, 3.05) is 20.3 Å². The number of thiol groups is 1. The van der Waals surface area contributed by atoms with Gasteiger partial charge in [-0.3, -0.25) is 4.79 Å². The first-order valence-electron chi connectivity index (χ1n) is 6.29. The molecule has 0 aromatic heterocycles. The summed E-state index contributed by atoms with van der Waals surface area (Å²) in [4.78, 5) is 15.1. The highest BCUT2D eigenvalue weighted by Crippen LogP contribution is 2.22. The van der Waals surface area contributed by atoms with Gasteiger partial charge in [-0.15, -0.1) is 12.6 Å². The second kappa shape index (κ2) is 7.92. The molecule has 1 unspecified atom stereocenters. The standard InChI is InChI=1S/C14H20BrNO2S/c1-4-10(2)16(7-8-18-3)14(17)12-6-5-11(15)9-13(12)19/h5-6,9-10,19H,4,7-8H2,1-3H3. The molecular formula is C14H20BrNO2S. The lowest BCUT2D eigenvalue weighted by molar-refractivity contribution is 0.0610. The normalized spacial score (nSPS) is 12.3. The average Bonchev–Trinajstić information content (AvgIpc) is 2.38. The predicted molar refractivity (Wildman–Crippen MR) is 84.1 cm³/mol. The van der Waals surface area contributed by atoms with Crippen LogP contribution in [0.2, 0.25) is 0 Å². The third-order valence-corrected chi connectivity index (χ3v) is 3.97. The van der Waals surface area contributed by atoms with Crippen LogP contribution < -0.4 is 0 Å². The van der Waals surface area contributed by atoms with Gasteiger partial charge >= 0.3 is 0 Å². The summed E-state index contributed by atoms with van der Waals surface area (Å²) in [6, 6.07) is 5.68. The smallest absolute Gasteiger partial charge is 0.255 e. The number of amides is 1. The van der Waals surface area contributed by atoms with Gasteiger partial charge in [0.05, 0.1) is 12.2 Å². The summed E-state index contributed by atoms with van der Waals surface area (Å²) in [5.41, 5.74) is 0.628. The topological polar surface area (TPSA) is 29.5 Å². The SMILES string of the molecule is CCC(C)N(CCOC)C(=O)c1ccc(Br)cc1S. The third kappa shape index (κ3) is 4.51. The molecule has 0 saturated carbocycles. The van der Waals surface area contributed by atoms with Crippen molar-refractivity contribution in [1.82, 2.24) is 4.90 Å². The molecule has 5 heteroatoms. The maximum atomic E-state index is 12.6. The molecule has 0 saturated heterocycles. The fourth-order valence-corrected chi connectivity index (χ4v) is 2.62. The summed E-state index contributed by atoms with van der Waals surface area (Å²) in [6.45, 7) is 5.24. The van der Waals surface area contributed by atoms with Crippen molar-refractivity contribution < 1.29 is 9.53 Å². The van der Waals surface area contributed by atoms with Crippen LogP contribution in [0.15, 0.2) is 27.6 Å². The van der Waals surface area contributed by atoms with E-state index in [0.29, 0.717) is 23.6 Å². The summed E-state index contributed by atoms with van der Waals surface area (Å²) < 4.78 is 6.00. The number of hydrogen-bond donors (Lipinski definition) is 1. The van der Waals surface area contributed by atoms with Gasteiger partial charge in [-0.05, 0) is 31.5 Å². The van der Waals surface area contributed by atoms with E-state index in [2.05, 4.69) is 35.5 Å². The number of carbonyl (C=O) groups excluding carboxylic acids is 1. The highest BCUT2D eigenvalue weighted by atomic mass is 79.9. The zero-order chi connectivity index (χ0) is 14.4. The van der Waals surface area contributed by atoms with Crippen molar-refractivity contribution in [3.63, 3.8) is 0 Å². The Labute approximate surface area is 128 Å². The lowest BCUT2D eigenvalue weighted by Crippen LogP contribution is -2.40. The van der Waals surface area contributed by atoms with Gasteiger partial charge in [-0.1, -0.05) is 22.9 Å². The zero-order valence-electron chi connectivity index (χ0n) is 11.5. The summed E-state index contributed by atoms with van der Waals surface area (Å²) in [5.74, 6) is 0.00361. The zero-order valence-corrected chi connectivity index (χ0v) is 14.0. The van der Waals surface area contributed by atoms with E-state index in [0.717, 1.165) is 10.9 Å². The molecule has 0 aliphatic rings. The predicted octanol–water partition coefficient (Wildman–Crippen LogP) is 3.62. The summed E-state index contributed by atoms with van der Waals surface area (Å²) in [7, 11) is 1.64. The molecule has 0 N–H and O–H groups in total. The molecule has 1 aromatic carbocycles. The van der Waals surface area contributed by atoms with E-state index in [4.69, 9.17) is 4.74 Å². The highest BCUT2D eigenvalue weighted by Gasteiger charge is 2.21. The fourth-order valence-electron chi connectivity index (χ4n) is 1.77. The van der Waals surface area contributed by atoms with Crippen LogP contribution in [0.25, 0.3) is 0 Å². The van der Waals surface area contributed by atoms with E-state index in [1.165, 1.54) is 0 Å². The van der Waals surface area contributed by atoms with E-state index in [1.54, 1.807) is 13.2 Å². The minimum absolute atomic E-state index is 0.00361. The number of methoxy groups -OCH3 is 1. The first-order valence-corrected chi connectivity index (χ1v) is 7.53. The Kier molecular flexibility index (Phi) is 6.89. The molecule has 0 heterocycles. The molecule has 1 aromatic rings. The van der Waals surface area contributed by atoms with Crippen LogP contribution in [0.4, 0.5) is 0 Å². The Morgan fingerprint density at radius 2 is 2.21 bits per heavy atom. The van der Waals surface area contributed by atoms with Gasteiger partial charge in [-0.25, -0.2) is 0 Å². The number of nitrogens with zero attached hydrogens (tertiary/aromatic N) is 1. The first kappa shape index (κ1) is 16.5. The average molecular weight is 346 g/mol. The van der Waals surface area contributed by atoms with Crippen LogP contribution in [0.1, 0.15) is 30.6 Å². The number of carbonyl (C=O) groups is 1. The maximum Gasteiger partial charge on any atom is 0.255 e. The molecular weight excluding hydrogens is 326 g/mol. The van der Waals surface area contributed by atoms with E-state index >= 15 is 0 Å². The van der Waals surface area contributed by atoms with E-state index < -0.39 is 0 Å². The minimum Gasteiger partial charge on any atom is -0.383 e. The van der Waals surface area contributed by atoms with Crippen molar-refractivity contribution >= 4 is 34.5 Å². The Morgan fingerprint density at radius 3 is 2.74 bits per heavy atom. The fraction of sp³-hybridized carbons (Fsp3) is 0.500. The molecule has 0 aliphatic carbocycles. The van der Waals surface area contributed by atoms with Crippen molar-refractivity contribution in [2.24, 2.45) is 0 Å². The maximum absolute atomic E-state index is 12.6. The second-order valence-corrected chi connectivity index (χ2v) is 5.81. The molecule has 0 fully saturated rings. The van der Waals surface area contributed by atoms with Gasteiger partial charge in [-0.2, -0.15) is 0 Å². The Hall–Kier alpha value is -0.520. The van der Waals surface area contributed by atoms with Crippen LogP contribution in [0.5, 0.6) is 0 Å². The molecule has 0 radical (unpaired) electrons. The highest BCUT2D eigenvalue weighted by molar-refractivity contribution is 9.10. The van der Waals surface area contributed by atoms with Gasteiger partial charge in [0.15, 0.2) is 0 Å². The van der Waals surface area contributed by atoms with E-state index in [9.17, 15) is 4.79 Å². The molecule has 0 aliphatic heterocycles. The third-order valence-electron chi connectivity index (χ3n) is 3.11. The summed E-state index contributed by atoms with van der Waals surface area (Å²) in [6.07, 6.45) is 0.911. The quantitative estimate of drug-likeness (QED) is 0.797. The molecule has 19 heavy (non-hydrogen) atoms. The van der Waals surface area contributed by atoms with Crippen LogP contribution >= 0.6 is 28.6 Å². The number of halogens is 1. The van der Waals surface area contributed by atoms with E-state index in [-0.39, 0.29) is 11.9 Å². The largest absolute Gasteiger partial charge is 0.383 e. The van der Waals surface area contributed by atoms with E-state index in [1.807, 2.05) is 24.0 Å². The molecule has 3 nitrogen and oxygen atoms in total. The summed E-state index contributed by atoms with van der Waals surface area (Å²) >= 11 is 7.75. The van der Waals surface area contributed by atoms with Crippen molar-refractivity contribution in [1.29, 1.82) is 0 Å². The van der Waals surface area contributed by atoms with Gasteiger partial charge in [0.1, 0.15) is 0 Å². The molecule has 0 bridgehead atoms. The minimum atomic E-state index is 0.00361. The second-order valence-electron chi connectivity index (χ2n) is 4.41. The number of hydrogen-bond acceptors (Lipinski definition) is 3. The first-order chi connectivity index (χ1) is 9.01. The molecule has 1 atom stereocenters. The monoisotopic (exact) mass is 345 g/mol. The van der Waals surface area contributed by atoms with Crippen LogP contribution in [0, 0.1) is 0 Å². The van der Waals surface area contributed by atoms with Crippen molar-refractivity contribution in [3.8, 4) is 0 Å². The van der Waals surface area contributed by atoms with Crippen LogP contribution in [0.3, 0.4) is 0 Å². The van der Waals surface area contributed by atoms with Gasteiger partial charge in [0.2, 0.25) is 0 Å².